The third-order valence-electron chi connectivity index (χ3n) is 6.00. The Balaban J connectivity index is 1.55. The summed E-state index contributed by atoms with van der Waals surface area (Å²) in [5, 5.41) is 12.2. The molecule has 0 saturated heterocycles. The fourth-order valence-electron chi connectivity index (χ4n) is 4.25. The number of halogens is 1. The van der Waals surface area contributed by atoms with E-state index in [1.165, 1.54) is 4.90 Å². The van der Waals surface area contributed by atoms with Gasteiger partial charge >= 0.3 is 5.97 Å². The first kappa shape index (κ1) is 23.2. The van der Waals surface area contributed by atoms with Crippen LogP contribution in [0.4, 0.5) is 4.39 Å². The number of carboxylic acid groups (broad SMARTS) is 1. The fourth-order valence-corrected chi connectivity index (χ4v) is 4.25. The molecule has 0 spiro atoms. The summed E-state index contributed by atoms with van der Waals surface area (Å²) < 4.78 is 18.2. The lowest BCUT2D eigenvalue weighted by molar-refractivity contribution is -0.140. The zero-order valence-electron chi connectivity index (χ0n) is 18.4. The number of nitrogens with zero attached hydrogens (tertiary/aromatic N) is 1. The predicted molar refractivity (Wildman–Crippen MR) is 121 cm³/mol. The fraction of sp³-hybridized carbons (Fsp3) is 0.280. The molecule has 0 fully saturated rings. The number of alkyl halides is 1. The van der Waals surface area contributed by atoms with Gasteiger partial charge in [0.2, 0.25) is 5.91 Å². The molecule has 2 aromatic carbocycles. The number of furan rings is 1. The van der Waals surface area contributed by atoms with Gasteiger partial charge in [-0.05, 0) is 53.4 Å². The average Bonchev–Trinajstić information content (AvgIpc) is 3.42. The number of benzene rings is 2. The largest absolute Gasteiger partial charge is 0.481 e. The first-order valence-corrected chi connectivity index (χ1v) is 10.8. The van der Waals surface area contributed by atoms with E-state index in [-0.39, 0.29) is 18.9 Å². The molecule has 2 N–H and O–H groups in total. The summed E-state index contributed by atoms with van der Waals surface area (Å²) in [5.74, 6) is -3.39. The van der Waals surface area contributed by atoms with Crippen molar-refractivity contribution in [1.29, 1.82) is 0 Å². The minimum Gasteiger partial charge on any atom is -0.481 e. The van der Waals surface area contributed by atoms with Crippen LogP contribution in [0.2, 0.25) is 0 Å². The van der Waals surface area contributed by atoms with E-state index in [0.29, 0.717) is 5.56 Å². The summed E-state index contributed by atoms with van der Waals surface area (Å²) in [6.45, 7) is 0.494. The minimum atomic E-state index is -1.49. The molecule has 0 radical (unpaired) electrons. The number of amides is 2. The van der Waals surface area contributed by atoms with Gasteiger partial charge in [-0.15, -0.1) is 0 Å². The average molecular weight is 466 g/mol. The third-order valence-corrected chi connectivity index (χ3v) is 6.00. The highest BCUT2D eigenvalue weighted by Crippen LogP contribution is 2.31. The molecule has 0 saturated carbocycles. The maximum Gasteiger partial charge on any atom is 0.305 e. The Morgan fingerprint density at radius 3 is 2.59 bits per heavy atom. The van der Waals surface area contributed by atoms with Crippen molar-refractivity contribution in [1.82, 2.24) is 10.2 Å². The van der Waals surface area contributed by atoms with Crippen LogP contribution >= 0.6 is 0 Å². The van der Waals surface area contributed by atoms with Crippen LogP contribution in [0.5, 0.6) is 0 Å². The second-order valence-corrected chi connectivity index (χ2v) is 8.16. The molecule has 176 valence electrons. The van der Waals surface area contributed by atoms with E-state index < -0.39 is 42.8 Å². The molecule has 34 heavy (non-hydrogen) atoms. The molecule has 4 rings (SSSR count). The van der Waals surface area contributed by atoms with Gasteiger partial charge in [0.1, 0.15) is 24.3 Å². The van der Waals surface area contributed by atoms with Gasteiger partial charge in [-0.1, -0.05) is 19.1 Å². The van der Waals surface area contributed by atoms with E-state index in [0.717, 1.165) is 27.7 Å². The van der Waals surface area contributed by atoms with Gasteiger partial charge in [0.25, 0.3) is 5.91 Å². The maximum atomic E-state index is 13.1. The van der Waals surface area contributed by atoms with Crippen molar-refractivity contribution >= 4 is 34.5 Å². The summed E-state index contributed by atoms with van der Waals surface area (Å²) in [6.07, 6.45) is 1.12. The van der Waals surface area contributed by atoms with Crippen molar-refractivity contribution in [2.24, 2.45) is 0 Å². The van der Waals surface area contributed by atoms with Crippen molar-refractivity contribution in [2.75, 3.05) is 6.67 Å². The summed E-state index contributed by atoms with van der Waals surface area (Å²) in [4.78, 5) is 50.1. The number of hydrogen-bond acceptors (Lipinski definition) is 5. The molecule has 1 unspecified atom stereocenters. The van der Waals surface area contributed by atoms with Crippen LogP contribution in [0.15, 0.2) is 53.1 Å². The second-order valence-electron chi connectivity index (χ2n) is 8.16. The van der Waals surface area contributed by atoms with Gasteiger partial charge in [0, 0.05) is 17.5 Å². The van der Waals surface area contributed by atoms with Gasteiger partial charge in [0.15, 0.2) is 5.78 Å². The number of aliphatic carboxylic acids is 1. The number of nitrogens with one attached hydrogen (secondary N) is 1. The number of carboxylic acids is 1. The van der Waals surface area contributed by atoms with E-state index in [9.17, 15) is 23.6 Å². The molecule has 2 amide bonds. The molecular formula is C25H23FN2O6. The molecule has 9 heteroatoms. The van der Waals surface area contributed by atoms with Crippen LogP contribution < -0.4 is 5.32 Å². The van der Waals surface area contributed by atoms with Gasteiger partial charge in [0.05, 0.1) is 12.7 Å². The summed E-state index contributed by atoms with van der Waals surface area (Å²) in [6, 6.07) is 10.7. The molecule has 2 atom stereocenters. The van der Waals surface area contributed by atoms with E-state index in [4.69, 9.17) is 9.52 Å². The number of Topliss-reactive ketones (excluding diaryl/α,β-unsaturated/α-hetero) is 1. The van der Waals surface area contributed by atoms with E-state index in [2.05, 4.69) is 5.32 Å². The van der Waals surface area contributed by atoms with Gasteiger partial charge in [-0.25, -0.2) is 4.39 Å². The number of hydrogen-bond donors (Lipinski definition) is 2. The molecule has 0 aliphatic carbocycles. The van der Waals surface area contributed by atoms with Crippen molar-refractivity contribution in [3.8, 4) is 11.1 Å². The van der Waals surface area contributed by atoms with Crippen LogP contribution in [0.1, 0.15) is 35.7 Å². The van der Waals surface area contributed by atoms with Crippen LogP contribution in [-0.4, -0.2) is 52.3 Å². The van der Waals surface area contributed by atoms with E-state index in [1.54, 1.807) is 19.3 Å². The second kappa shape index (κ2) is 9.46. The molecule has 1 aliphatic rings. The Bertz CT molecular complexity index is 1280. The van der Waals surface area contributed by atoms with Gasteiger partial charge in [-0.2, -0.15) is 0 Å². The van der Waals surface area contributed by atoms with Crippen LogP contribution in [0, 0.1) is 0 Å². The topological polar surface area (TPSA) is 117 Å². The SMILES string of the molecule is CC[C@@H](C(=O)NC(CC(=O)O)C(=O)CF)N1Cc2cc(-c3ccc4occc4c3)ccc2C1=O. The van der Waals surface area contributed by atoms with Crippen molar-refractivity contribution in [3.63, 3.8) is 0 Å². The lowest BCUT2D eigenvalue weighted by Crippen LogP contribution is -2.52. The molecule has 3 aromatic rings. The molecular weight excluding hydrogens is 443 g/mol. The van der Waals surface area contributed by atoms with Crippen molar-refractivity contribution < 1.29 is 33.1 Å². The standard InChI is InChI=1S/C25H23FN2O6/c1-2-20(24(32)27-19(11-23(30)31)21(29)12-26)28-13-17-10-14(3-5-18(17)25(28)33)15-4-6-22-16(9-15)7-8-34-22/h3-10,19-20H,2,11-13H2,1H3,(H,27,32)(H,30,31)/t19?,20-/m0/s1. The molecule has 1 aliphatic heterocycles. The Morgan fingerprint density at radius 1 is 1.15 bits per heavy atom. The van der Waals surface area contributed by atoms with Crippen LogP contribution in [0.25, 0.3) is 22.1 Å². The van der Waals surface area contributed by atoms with E-state index >= 15 is 0 Å². The highest BCUT2D eigenvalue weighted by Gasteiger charge is 2.37. The van der Waals surface area contributed by atoms with Gasteiger partial charge in [-0.3, -0.25) is 19.2 Å². The summed E-state index contributed by atoms with van der Waals surface area (Å²) >= 11 is 0. The molecule has 8 nitrogen and oxygen atoms in total. The number of rotatable bonds is 9. The Hall–Kier alpha value is -4.01. The normalized spacial score (nSPS) is 14.6. The summed E-state index contributed by atoms with van der Waals surface area (Å²) in [7, 11) is 0. The minimum absolute atomic E-state index is 0.183. The quantitative estimate of drug-likeness (QED) is 0.500. The Morgan fingerprint density at radius 2 is 1.88 bits per heavy atom. The smallest absolute Gasteiger partial charge is 0.305 e. The highest BCUT2D eigenvalue weighted by molar-refractivity contribution is 6.02. The highest BCUT2D eigenvalue weighted by atomic mass is 19.1. The number of carbonyl (C=O) groups is 4. The lowest BCUT2D eigenvalue weighted by Gasteiger charge is -2.27. The first-order chi connectivity index (χ1) is 16.3. The Kier molecular flexibility index (Phi) is 6.45. The third kappa shape index (κ3) is 4.41. The monoisotopic (exact) mass is 466 g/mol. The van der Waals surface area contributed by atoms with Crippen molar-refractivity contribution in [2.45, 2.75) is 38.4 Å². The van der Waals surface area contributed by atoms with Crippen molar-refractivity contribution in [3.05, 3.63) is 59.9 Å². The van der Waals surface area contributed by atoms with Crippen LogP contribution in [0.3, 0.4) is 0 Å². The predicted octanol–water partition coefficient (Wildman–Crippen LogP) is 3.33. The number of ketones is 1. The molecule has 0 bridgehead atoms. The van der Waals surface area contributed by atoms with E-state index in [1.807, 2.05) is 36.4 Å². The summed E-state index contributed by atoms with van der Waals surface area (Å²) in [5.41, 5.74) is 3.86. The van der Waals surface area contributed by atoms with Crippen LogP contribution in [-0.2, 0) is 20.9 Å². The maximum absolute atomic E-state index is 13.1. The zero-order valence-corrected chi connectivity index (χ0v) is 18.4. The Labute approximate surface area is 194 Å². The zero-order chi connectivity index (χ0) is 24.4. The lowest BCUT2D eigenvalue weighted by atomic mass is 9.99. The first-order valence-electron chi connectivity index (χ1n) is 10.8. The molecule has 1 aromatic heterocycles. The molecule has 2 heterocycles. The number of carbonyl (C=O) groups excluding carboxylic acids is 3. The van der Waals surface area contributed by atoms with Gasteiger partial charge < -0.3 is 19.7 Å². The number of fused-ring (bicyclic) bond motifs is 2.